The summed E-state index contributed by atoms with van der Waals surface area (Å²) in [6.07, 6.45) is 1.40. The van der Waals surface area contributed by atoms with Crippen molar-refractivity contribution in [3.63, 3.8) is 0 Å². The molecule has 0 saturated carbocycles. The standard InChI is InChI=1S/C11H9ClFN3O2/c1-5-7(12)4-16(15-5)10-2-6(11(17)18)9(14)3-8(10)13/h2-4H,14H2,1H3,(H,17,18). The summed E-state index contributed by atoms with van der Waals surface area (Å²) >= 11 is 5.82. The Balaban J connectivity index is 2.64. The van der Waals surface area contributed by atoms with Crippen molar-refractivity contribution in [1.82, 2.24) is 9.78 Å². The van der Waals surface area contributed by atoms with E-state index in [0.717, 1.165) is 12.1 Å². The van der Waals surface area contributed by atoms with Crippen molar-refractivity contribution < 1.29 is 14.3 Å². The first kappa shape index (κ1) is 12.4. The molecule has 18 heavy (non-hydrogen) atoms. The fraction of sp³-hybridized carbons (Fsp3) is 0.0909. The lowest BCUT2D eigenvalue weighted by Crippen LogP contribution is -2.07. The van der Waals surface area contributed by atoms with Gasteiger partial charge in [-0.1, -0.05) is 11.6 Å². The smallest absolute Gasteiger partial charge is 0.337 e. The molecule has 0 amide bonds. The van der Waals surface area contributed by atoms with Gasteiger partial charge in [-0.05, 0) is 19.1 Å². The monoisotopic (exact) mass is 269 g/mol. The molecule has 0 unspecified atom stereocenters. The van der Waals surface area contributed by atoms with Gasteiger partial charge in [0.15, 0.2) is 5.82 Å². The third-order valence-corrected chi connectivity index (χ3v) is 2.81. The number of aromatic carboxylic acids is 1. The number of hydrogen-bond acceptors (Lipinski definition) is 3. The van der Waals surface area contributed by atoms with Crippen LogP contribution >= 0.6 is 11.6 Å². The summed E-state index contributed by atoms with van der Waals surface area (Å²) in [5.74, 6) is -1.90. The molecular formula is C11H9ClFN3O2. The third-order valence-electron chi connectivity index (χ3n) is 2.44. The van der Waals surface area contributed by atoms with E-state index >= 15 is 0 Å². The second-order valence-electron chi connectivity index (χ2n) is 3.70. The summed E-state index contributed by atoms with van der Waals surface area (Å²) in [5.41, 5.74) is 5.60. The van der Waals surface area contributed by atoms with Crippen LogP contribution in [-0.4, -0.2) is 20.9 Å². The van der Waals surface area contributed by atoms with Gasteiger partial charge < -0.3 is 10.8 Å². The maximum absolute atomic E-state index is 13.7. The number of halogens is 2. The van der Waals surface area contributed by atoms with Gasteiger partial charge in [0.1, 0.15) is 5.69 Å². The number of carbonyl (C=O) groups is 1. The minimum absolute atomic E-state index is 0.0170. The highest BCUT2D eigenvalue weighted by Gasteiger charge is 2.15. The molecule has 0 spiro atoms. The van der Waals surface area contributed by atoms with Crippen molar-refractivity contribution >= 4 is 23.3 Å². The van der Waals surface area contributed by atoms with Crippen LogP contribution in [0.1, 0.15) is 16.1 Å². The van der Waals surface area contributed by atoms with E-state index in [1.807, 2.05) is 0 Å². The minimum Gasteiger partial charge on any atom is -0.478 e. The summed E-state index contributed by atoms with van der Waals surface area (Å²) < 4.78 is 14.9. The van der Waals surface area contributed by atoms with Gasteiger partial charge in [0.2, 0.25) is 0 Å². The second-order valence-corrected chi connectivity index (χ2v) is 4.11. The van der Waals surface area contributed by atoms with Crippen LogP contribution in [0.25, 0.3) is 5.69 Å². The molecule has 0 radical (unpaired) electrons. The zero-order valence-electron chi connectivity index (χ0n) is 9.32. The van der Waals surface area contributed by atoms with Gasteiger partial charge >= 0.3 is 5.97 Å². The number of carboxylic acid groups (broad SMARTS) is 1. The minimum atomic E-state index is -1.23. The van der Waals surface area contributed by atoms with E-state index in [1.54, 1.807) is 6.92 Å². The van der Waals surface area contributed by atoms with Crippen LogP contribution < -0.4 is 5.73 Å². The number of benzene rings is 1. The molecule has 2 aromatic rings. The molecule has 0 aliphatic carbocycles. The van der Waals surface area contributed by atoms with E-state index in [9.17, 15) is 9.18 Å². The predicted molar refractivity (Wildman–Crippen MR) is 64.6 cm³/mol. The van der Waals surface area contributed by atoms with Crippen molar-refractivity contribution in [2.24, 2.45) is 0 Å². The SMILES string of the molecule is Cc1nn(-c2cc(C(=O)O)c(N)cc2F)cc1Cl. The van der Waals surface area contributed by atoms with Crippen molar-refractivity contribution in [2.45, 2.75) is 6.92 Å². The zero-order chi connectivity index (χ0) is 13.4. The molecule has 5 nitrogen and oxygen atoms in total. The van der Waals surface area contributed by atoms with Crippen molar-refractivity contribution in [3.05, 3.63) is 40.4 Å². The van der Waals surface area contributed by atoms with Crippen molar-refractivity contribution in [2.75, 3.05) is 5.73 Å². The van der Waals surface area contributed by atoms with Crippen LogP contribution in [-0.2, 0) is 0 Å². The molecule has 1 heterocycles. The van der Waals surface area contributed by atoms with Crippen LogP contribution in [0.2, 0.25) is 5.02 Å². The van der Waals surface area contributed by atoms with Gasteiger partial charge in [0, 0.05) is 11.9 Å². The largest absolute Gasteiger partial charge is 0.478 e. The zero-order valence-corrected chi connectivity index (χ0v) is 10.1. The fourth-order valence-corrected chi connectivity index (χ4v) is 1.63. The van der Waals surface area contributed by atoms with Crippen LogP contribution in [0.3, 0.4) is 0 Å². The molecule has 0 atom stereocenters. The number of nitrogens with two attached hydrogens (primary N) is 1. The Kier molecular flexibility index (Phi) is 2.96. The molecule has 7 heteroatoms. The quantitative estimate of drug-likeness (QED) is 0.820. The molecule has 2 rings (SSSR count). The highest BCUT2D eigenvalue weighted by molar-refractivity contribution is 6.31. The van der Waals surface area contributed by atoms with E-state index in [0.29, 0.717) is 10.7 Å². The lowest BCUT2D eigenvalue weighted by Gasteiger charge is -2.07. The van der Waals surface area contributed by atoms with E-state index in [4.69, 9.17) is 22.4 Å². The normalized spacial score (nSPS) is 10.6. The molecule has 1 aromatic heterocycles. The molecular weight excluding hydrogens is 261 g/mol. The average Bonchev–Trinajstić information content (AvgIpc) is 2.58. The highest BCUT2D eigenvalue weighted by atomic mass is 35.5. The summed E-state index contributed by atoms with van der Waals surface area (Å²) in [4.78, 5) is 10.9. The molecule has 3 N–H and O–H groups in total. The number of anilines is 1. The van der Waals surface area contributed by atoms with Crippen LogP contribution in [0, 0.1) is 12.7 Å². The average molecular weight is 270 g/mol. The molecule has 0 bridgehead atoms. The second kappa shape index (κ2) is 4.30. The molecule has 0 aliphatic heterocycles. The van der Waals surface area contributed by atoms with E-state index in [-0.39, 0.29) is 16.9 Å². The van der Waals surface area contributed by atoms with Crippen molar-refractivity contribution in [3.8, 4) is 5.69 Å². The Morgan fingerprint density at radius 3 is 2.72 bits per heavy atom. The van der Waals surface area contributed by atoms with Gasteiger partial charge in [-0.25, -0.2) is 13.9 Å². The number of carboxylic acids is 1. The number of hydrogen-bond donors (Lipinski definition) is 2. The fourth-order valence-electron chi connectivity index (χ4n) is 1.50. The first-order valence-corrected chi connectivity index (χ1v) is 5.32. The van der Waals surface area contributed by atoms with Gasteiger partial charge in [-0.15, -0.1) is 0 Å². The van der Waals surface area contributed by atoms with Gasteiger partial charge in [0.25, 0.3) is 0 Å². The summed E-state index contributed by atoms with van der Waals surface area (Å²) in [6.45, 7) is 1.66. The lowest BCUT2D eigenvalue weighted by atomic mass is 10.1. The molecule has 94 valence electrons. The Hall–Kier alpha value is -2.08. The van der Waals surface area contributed by atoms with Gasteiger partial charge in [0.05, 0.1) is 16.3 Å². The summed E-state index contributed by atoms with van der Waals surface area (Å²) in [7, 11) is 0. The van der Waals surface area contributed by atoms with Crippen molar-refractivity contribution in [1.29, 1.82) is 0 Å². The number of nitrogen functional groups attached to an aromatic ring is 1. The topological polar surface area (TPSA) is 81.1 Å². The molecule has 0 aliphatic rings. The molecule has 1 aromatic carbocycles. The number of aromatic nitrogens is 2. The highest BCUT2D eigenvalue weighted by Crippen LogP contribution is 2.23. The van der Waals surface area contributed by atoms with E-state index < -0.39 is 11.8 Å². The van der Waals surface area contributed by atoms with Gasteiger partial charge in [-0.2, -0.15) is 5.10 Å². The van der Waals surface area contributed by atoms with Gasteiger partial charge in [-0.3, -0.25) is 0 Å². The van der Waals surface area contributed by atoms with Crippen LogP contribution in [0.15, 0.2) is 18.3 Å². The Morgan fingerprint density at radius 2 is 2.22 bits per heavy atom. The maximum Gasteiger partial charge on any atom is 0.337 e. The van der Waals surface area contributed by atoms with E-state index in [1.165, 1.54) is 10.9 Å². The number of rotatable bonds is 2. The lowest BCUT2D eigenvalue weighted by molar-refractivity contribution is 0.0698. The summed E-state index contributed by atoms with van der Waals surface area (Å²) in [6, 6.07) is 2.07. The maximum atomic E-state index is 13.7. The van der Waals surface area contributed by atoms with Crippen LogP contribution in [0.5, 0.6) is 0 Å². The van der Waals surface area contributed by atoms with Crippen LogP contribution in [0.4, 0.5) is 10.1 Å². The first-order valence-electron chi connectivity index (χ1n) is 4.94. The Labute approximate surface area is 107 Å². The predicted octanol–water partition coefficient (Wildman–Crippen LogP) is 2.25. The molecule has 0 saturated heterocycles. The van der Waals surface area contributed by atoms with E-state index in [2.05, 4.69) is 5.10 Å². The third kappa shape index (κ3) is 2.02. The Morgan fingerprint density at radius 1 is 1.56 bits per heavy atom. The number of aryl methyl sites for hydroxylation is 1. The number of nitrogens with zero attached hydrogens (tertiary/aromatic N) is 2. The Bertz CT molecular complexity index is 620. The molecule has 0 fully saturated rings. The first-order chi connectivity index (χ1) is 8.40. The summed E-state index contributed by atoms with van der Waals surface area (Å²) in [5, 5.41) is 13.3.